The van der Waals surface area contributed by atoms with Crippen LogP contribution in [0.3, 0.4) is 0 Å². The zero-order chi connectivity index (χ0) is 13.5. The molecule has 0 saturated heterocycles. The van der Waals surface area contributed by atoms with Crippen molar-refractivity contribution < 1.29 is 4.92 Å². The third-order valence-corrected chi connectivity index (χ3v) is 2.84. The number of hydrogen-bond donors (Lipinski definition) is 1. The molecule has 0 atom stereocenters. The lowest BCUT2D eigenvalue weighted by Crippen LogP contribution is -2.30. The SMILES string of the molecule is CCN(Cc1ccc(Br)nc1)C(=C[N+](=O)[O-])NC. The first-order valence-corrected chi connectivity index (χ1v) is 6.24. The maximum absolute atomic E-state index is 10.5. The van der Waals surface area contributed by atoms with Crippen LogP contribution in [0.4, 0.5) is 0 Å². The molecule has 0 bridgehead atoms. The summed E-state index contributed by atoms with van der Waals surface area (Å²) in [4.78, 5) is 16.1. The summed E-state index contributed by atoms with van der Waals surface area (Å²) in [6.45, 7) is 3.17. The molecule has 98 valence electrons. The number of pyridine rings is 1. The number of aromatic nitrogens is 1. The van der Waals surface area contributed by atoms with Gasteiger partial charge in [-0.25, -0.2) is 4.98 Å². The van der Waals surface area contributed by atoms with Gasteiger partial charge >= 0.3 is 0 Å². The van der Waals surface area contributed by atoms with Gasteiger partial charge in [0.25, 0.3) is 6.20 Å². The van der Waals surface area contributed by atoms with Gasteiger partial charge in [-0.3, -0.25) is 10.1 Å². The second kappa shape index (κ2) is 6.95. The maximum atomic E-state index is 10.5. The molecule has 0 unspecified atom stereocenters. The zero-order valence-electron chi connectivity index (χ0n) is 10.3. The Hall–Kier alpha value is -1.63. The van der Waals surface area contributed by atoms with Gasteiger partial charge in [0.05, 0.1) is 4.92 Å². The zero-order valence-corrected chi connectivity index (χ0v) is 11.8. The van der Waals surface area contributed by atoms with Crippen molar-refractivity contribution in [2.45, 2.75) is 13.5 Å². The van der Waals surface area contributed by atoms with E-state index < -0.39 is 4.92 Å². The third kappa shape index (κ3) is 4.33. The number of nitrogens with one attached hydrogen (secondary N) is 1. The first-order valence-electron chi connectivity index (χ1n) is 5.45. The summed E-state index contributed by atoms with van der Waals surface area (Å²) in [6.07, 6.45) is 2.71. The lowest BCUT2D eigenvalue weighted by molar-refractivity contribution is -0.404. The van der Waals surface area contributed by atoms with Gasteiger partial charge in [0.2, 0.25) is 0 Å². The Bertz CT molecular complexity index is 433. The highest BCUT2D eigenvalue weighted by Crippen LogP contribution is 2.11. The summed E-state index contributed by atoms with van der Waals surface area (Å²) >= 11 is 3.27. The van der Waals surface area contributed by atoms with Crippen LogP contribution >= 0.6 is 15.9 Å². The fourth-order valence-corrected chi connectivity index (χ4v) is 1.73. The van der Waals surface area contributed by atoms with Crippen molar-refractivity contribution in [2.75, 3.05) is 13.6 Å². The van der Waals surface area contributed by atoms with Crippen LogP contribution in [0.1, 0.15) is 12.5 Å². The molecule has 0 aliphatic carbocycles. The van der Waals surface area contributed by atoms with Crippen LogP contribution in [0.25, 0.3) is 0 Å². The van der Waals surface area contributed by atoms with E-state index in [4.69, 9.17) is 0 Å². The fraction of sp³-hybridized carbons (Fsp3) is 0.364. The van der Waals surface area contributed by atoms with Gasteiger partial charge in [0, 0.05) is 26.3 Å². The first-order chi connectivity index (χ1) is 8.56. The lowest BCUT2D eigenvalue weighted by atomic mass is 10.2. The number of nitro groups is 1. The van der Waals surface area contributed by atoms with Crippen molar-refractivity contribution in [3.8, 4) is 0 Å². The topological polar surface area (TPSA) is 71.3 Å². The maximum Gasteiger partial charge on any atom is 0.274 e. The van der Waals surface area contributed by atoms with E-state index >= 15 is 0 Å². The number of rotatable bonds is 6. The fourth-order valence-electron chi connectivity index (χ4n) is 1.49. The van der Waals surface area contributed by atoms with Crippen molar-refractivity contribution in [3.63, 3.8) is 0 Å². The molecule has 0 amide bonds. The standard InChI is InChI=1S/C11H15BrN4O2/c1-3-15(11(13-2)8-16(17)18)7-9-4-5-10(12)14-6-9/h4-6,8,13H,3,7H2,1-2H3. The molecule has 0 radical (unpaired) electrons. The monoisotopic (exact) mass is 314 g/mol. The molecule has 0 spiro atoms. The molecule has 0 aliphatic rings. The largest absolute Gasteiger partial charge is 0.370 e. The molecule has 0 saturated carbocycles. The van der Waals surface area contributed by atoms with Crippen LogP contribution < -0.4 is 5.32 Å². The number of nitrogens with zero attached hydrogens (tertiary/aromatic N) is 3. The highest BCUT2D eigenvalue weighted by molar-refractivity contribution is 9.10. The summed E-state index contributed by atoms with van der Waals surface area (Å²) in [6, 6.07) is 3.78. The molecule has 1 aromatic rings. The van der Waals surface area contributed by atoms with Crippen LogP contribution in [-0.4, -0.2) is 28.4 Å². The molecule has 1 N–H and O–H groups in total. The van der Waals surface area contributed by atoms with Gasteiger partial charge in [-0.2, -0.15) is 0 Å². The summed E-state index contributed by atoms with van der Waals surface area (Å²) in [5.41, 5.74) is 0.990. The second-order valence-corrected chi connectivity index (χ2v) is 4.37. The molecule has 1 rings (SSSR count). The summed E-state index contributed by atoms with van der Waals surface area (Å²) in [5, 5.41) is 13.4. The van der Waals surface area contributed by atoms with Gasteiger partial charge < -0.3 is 10.2 Å². The molecule has 0 fully saturated rings. The molecule has 1 heterocycles. The number of halogens is 1. The quantitative estimate of drug-likeness (QED) is 0.494. The van der Waals surface area contributed by atoms with Crippen LogP contribution in [0.15, 0.2) is 35.0 Å². The molecular weight excluding hydrogens is 300 g/mol. The van der Waals surface area contributed by atoms with Gasteiger partial charge in [0.15, 0.2) is 5.82 Å². The highest BCUT2D eigenvalue weighted by atomic mass is 79.9. The van der Waals surface area contributed by atoms with Crippen molar-refractivity contribution in [1.29, 1.82) is 0 Å². The number of hydrogen-bond acceptors (Lipinski definition) is 5. The Labute approximate surface area is 114 Å². The van der Waals surface area contributed by atoms with E-state index in [1.807, 2.05) is 24.0 Å². The molecule has 0 aromatic carbocycles. The highest BCUT2D eigenvalue weighted by Gasteiger charge is 2.10. The summed E-state index contributed by atoms with van der Waals surface area (Å²) in [5.74, 6) is 0.477. The Kier molecular flexibility index (Phi) is 5.57. The van der Waals surface area contributed by atoms with Crippen LogP contribution in [0.2, 0.25) is 0 Å². The predicted octanol–water partition coefficient (Wildman–Crippen LogP) is 1.96. The van der Waals surface area contributed by atoms with Crippen LogP contribution in [0, 0.1) is 10.1 Å². The van der Waals surface area contributed by atoms with E-state index in [0.717, 1.165) is 16.4 Å². The minimum absolute atomic E-state index is 0.464. The average molecular weight is 315 g/mol. The molecule has 6 nitrogen and oxygen atoms in total. The van der Waals surface area contributed by atoms with Crippen molar-refractivity contribution in [2.24, 2.45) is 0 Å². The minimum atomic E-state index is -0.464. The molecule has 7 heteroatoms. The van der Waals surface area contributed by atoms with Crippen molar-refractivity contribution in [3.05, 3.63) is 50.6 Å². The molecule has 18 heavy (non-hydrogen) atoms. The first kappa shape index (κ1) is 14.4. The Morgan fingerprint density at radius 1 is 1.67 bits per heavy atom. The Balaban J connectivity index is 2.83. The van der Waals surface area contributed by atoms with Crippen LogP contribution in [0.5, 0.6) is 0 Å². The van der Waals surface area contributed by atoms with E-state index in [2.05, 4.69) is 26.2 Å². The van der Waals surface area contributed by atoms with Crippen LogP contribution in [-0.2, 0) is 6.54 Å². The lowest BCUT2D eigenvalue weighted by Gasteiger charge is -2.23. The van der Waals surface area contributed by atoms with Gasteiger partial charge in [-0.05, 0) is 34.5 Å². The van der Waals surface area contributed by atoms with Gasteiger partial charge in [-0.15, -0.1) is 0 Å². The normalized spacial score (nSPS) is 11.2. The third-order valence-electron chi connectivity index (χ3n) is 2.37. The smallest absolute Gasteiger partial charge is 0.274 e. The van der Waals surface area contributed by atoms with Crippen molar-refractivity contribution in [1.82, 2.24) is 15.2 Å². The van der Waals surface area contributed by atoms with E-state index in [9.17, 15) is 10.1 Å². The second-order valence-electron chi connectivity index (χ2n) is 3.55. The predicted molar refractivity (Wildman–Crippen MR) is 72.2 cm³/mol. The van der Waals surface area contributed by atoms with E-state index in [1.54, 1.807) is 13.2 Å². The van der Waals surface area contributed by atoms with Crippen molar-refractivity contribution >= 4 is 15.9 Å². The summed E-state index contributed by atoms with van der Waals surface area (Å²) in [7, 11) is 1.66. The Morgan fingerprint density at radius 3 is 2.83 bits per heavy atom. The molecule has 0 aliphatic heterocycles. The minimum Gasteiger partial charge on any atom is -0.370 e. The van der Waals surface area contributed by atoms with E-state index in [1.165, 1.54) is 0 Å². The summed E-state index contributed by atoms with van der Waals surface area (Å²) < 4.78 is 0.768. The molecule has 1 aromatic heterocycles. The van der Waals surface area contributed by atoms with Gasteiger partial charge in [0.1, 0.15) is 4.60 Å². The molecular formula is C11H15BrN4O2. The Morgan fingerprint density at radius 2 is 2.39 bits per heavy atom. The van der Waals surface area contributed by atoms with E-state index in [-0.39, 0.29) is 0 Å². The van der Waals surface area contributed by atoms with E-state index in [0.29, 0.717) is 18.9 Å². The average Bonchev–Trinajstić information content (AvgIpc) is 2.35. The van der Waals surface area contributed by atoms with Gasteiger partial charge in [-0.1, -0.05) is 6.07 Å².